The predicted octanol–water partition coefficient (Wildman–Crippen LogP) is 1.24. The van der Waals surface area contributed by atoms with E-state index in [0.717, 1.165) is 5.56 Å². The normalized spacial score (nSPS) is 14.3. The van der Waals surface area contributed by atoms with E-state index in [1.54, 1.807) is 0 Å². The van der Waals surface area contributed by atoms with Crippen LogP contribution >= 0.6 is 0 Å². The van der Waals surface area contributed by atoms with E-state index in [1.807, 2.05) is 44.2 Å². The molecule has 0 bridgehead atoms. The average Bonchev–Trinajstić information content (AvgIpc) is 2.36. The Hall–Kier alpha value is -1.39. The van der Waals surface area contributed by atoms with Gasteiger partial charge in [0.15, 0.2) is 0 Å². The van der Waals surface area contributed by atoms with E-state index in [4.69, 9.17) is 0 Å². The third-order valence-corrected chi connectivity index (χ3v) is 2.88. The highest BCUT2D eigenvalue weighted by molar-refractivity contribution is 5.77. The molecule has 0 saturated carbocycles. The highest BCUT2D eigenvalue weighted by Gasteiger charge is 2.18. The second kappa shape index (κ2) is 7.13. The molecule has 0 unspecified atom stereocenters. The molecule has 0 aliphatic heterocycles. The summed E-state index contributed by atoms with van der Waals surface area (Å²) in [6.45, 7) is 3.56. The van der Waals surface area contributed by atoms with Crippen LogP contribution in [0.25, 0.3) is 0 Å². The molecule has 2 atom stereocenters. The number of aliphatic hydroxyl groups is 2. The minimum Gasteiger partial charge on any atom is -0.394 e. The monoisotopic (exact) mass is 251 g/mol. The SMILES string of the molecule is CC(C)[C@H](O)CC(=O)N[C@H](CO)c1ccccc1. The molecule has 0 spiro atoms. The van der Waals surface area contributed by atoms with Gasteiger partial charge in [-0.1, -0.05) is 44.2 Å². The average molecular weight is 251 g/mol. The van der Waals surface area contributed by atoms with Crippen molar-refractivity contribution >= 4 is 5.91 Å². The van der Waals surface area contributed by atoms with Gasteiger partial charge in [-0.15, -0.1) is 0 Å². The van der Waals surface area contributed by atoms with Crippen molar-refractivity contribution in [1.82, 2.24) is 5.32 Å². The number of carbonyl (C=O) groups is 1. The molecule has 0 aliphatic carbocycles. The molecule has 0 radical (unpaired) electrons. The molecule has 1 amide bonds. The maximum absolute atomic E-state index is 11.7. The summed E-state index contributed by atoms with van der Waals surface area (Å²) in [5, 5.41) is 21.6. The van der Waals surface area contributed by atoms with Gasteiger partial charge in [-0.25, -0.2) is 0 Å². The molecular formula is C14H21NO3. The molecule has 100 valence electrons. The number of aliphatic hydroxyl groups excluding tert-OH is 2. The first-order valence-electron chi connectivity index (χ1n) is 6.17. The Kier molecular flexibility index (Phi) is 5.82. The molecule has 1 rings (SSSR count). The summed E-state index contributed by atoms with van der Waals surface area (Å²) >= 11 is 0. The molecule has 0 aliphatic rings. The van der Waals surface area contributed by atoms with Crippen LogP contribution in [0.4, 0.5) is 0 Å². The Balaban J connectivity index is 2.56. The third kappa shape index (κ3) is 4.47. The summed E-state index contributed by atoms with van der Waals surface area (Å²) in [5.74, 6) is -0.209. The zero-order valence-electron chi connectivity index (χ0n) is 10.8. The van der Waals surface area contributed by atoms with Crippen molar-refractivity contribution in [3.63, 3.8) is 0 Å². The smallest absolute Gasteiger partial charge is 0.223 e. The summed E-state index contributed by atoms with van der Waals surface area (Å²) in [6.07, 6.45) is -0.596. The summed E-state index contributed by atoms with van der Waals surface area (Å²) in [5.41, 5.74) is 0.854. The molecule has 18 heavy (non-hydrogen) atoms. The Morgan fingerprint density at radius 2 is 1.89 bits per heavy atom. The number of carbonyl (C=O) groups excluding carboxylic acids is 1. The van der Waals surface area contributed by atoms with Gasteiger partial charge >= 0.3 is 0 Å². The van der Waals surface area contributed by atoms with Gasteiger partial charge in [0, 0.05) is 0 Å². The van der Waals surface area contributed by atoms with Crippen LogP contribution in [-0.2, 0) is 4.79 Å². The zero-order valence-corrected chi connectivity index (χ0v) is 10.8. The number of hydrogen-bond donors (Lipinski definition) is 3. The standard InChI is InChI=1S/C14H21NO3/c1-10(2)13(17)8-14(18)15-12(9-16)11-6-4-3-5-7-11/h3-7,10,12-13,16-17H,8-9H2,1-2H3,(H,15,18)/t12-,13-/m1/s1. The largest absolute Gasteiger partial charge is 0.394 e. The maximum Gasteiger partial charge on any atom is 0.223 e. The van der Waals surface area contributed by atoms with E-state index in [1.165, 1.54) is 0 Å². The first-order chi connectivity index (χ1) is 8.54. The molecular weight excluding hydrogens is 230 g/mol. The fourth-order valence-electron chi connectivity index (χ4n) is 1.60. The highest BCUT2D eigenvalue weighted by Crippen LogP contribution is 2.13. The molecule has 3 N–H and O–H groups in total. The van der Waals surface area contributed by atoms with Crippen LogP contribution in [0.5, 0.6) is 0 Å². The van der Waals surface area contributed by atoms with Crippen LogP contribution in [-0.4, -0.2) is 28.8 Å². The van der Waals surface area contributed by atoms with E-state index in [-0.39, 0.29) is 24.9 Å². The minimum absolute atomic E-state index is 0.0417. The van der Waals surface area contributed by atoms with Gasteiger partial charge in [-0.3, -0.25) is 4.79 Å². The van der Waals surface area contributed by atoms with E-state index >= 15 is 0 Å². The van der Waals surface area contributed by atoms with Crippen LogP contribution in [0.1, 0.15) is 31.9 Å². The molecule has 4 heteroatoms. The second-order valence-corrected chi connectivity index (χ2v) is 4.73. The van der Waals surface area contributed by atoms with Crippen LogP contribution < -0.4 is 5.32 Å². The number of amides is 1. The lowest BCUT2D eigenvalue weighted by atomic mass is 10.0. The summed E-state index contributed by atoms with van der Waals surface area (Å²) in [7, 11) is 0. The first kappa shape index (κ1) is 14.7. The molecule has 1 aromatic carbocycles. The fraction of sp³-hybridized carbons (Fsp3) is 0.500. The minimum atomic E-state index is -0.653. The maximum atomic E-state index is 11.7. The van der Waals surface area contributed by atoms with Gasteiger partial charge in [0.25, 0.3) is 0 Å². The van der Waals surface area contributed by atoms with Gasteiger partial charge in [-0.05, 0) is 11.5 Å². The van der Waals surface area contributed by atoms with Gasteiger partial charge in [-0.2, -0.15) is 0 Å². The van der Waals surface area contributed by atoms with Crippen molar-refractivity contribution in [2.75, 3.05) is 6.61 Å². The van der Waals surface area contributed by atoms with E-state index < -0.39 is 12.1 Å². The number of hydrogen-bond acceptors (Lipinski definition) is 3. The Morgan fingerprint density at radius 3 is 2.39 bits per heavy atom. The zero-order chi connectivity index (χ0) is 13.5. The second-order valence-electron chi connectivity index (χ2n) is 4.73. The summed E-state index contributed by atoms with van der Waals surface area (Å²) < 4.78 is 0. The van der Waals surface area contributed by atoms with Crippen molar-refractivity contribution in [3.8, 4) is 0 Å². The Morgan fingerprint density at radius 1 is 1.28 bits per heavy atom. The quantitative estimate of drug-likeness (QED) is 0.712. The Bertz CT molecular complexity index is 365. The van der Waals surface area contributed by atoms with E-state index in [9.17, 15) is 15.0 Å². The third-order valence-electron chi connectivity index (χ3n) is 2.88. The van der Waals surface area contributed by atoms with Crippen LogP contribution in [0.15, 0.2) is 30.3 Å². The number of rotatable bonds is 6. The lowest BCUT2D eigenvalue weighted by molar-refractivity contribution is -0.124. The van der Waals surface area contributed by atoms with Crippen molar-refractivity contribution in [3.05, 3.63) is 35.9 Å². The first-order valence-corrected chi connectivity index (χ1v) is 6.17. The van der Waals surface area contributed by atoms with Crippen molar-refractivity contribution in [2.45, 2.75) is 32.4 Å². The summed E-state index contributed by atoms with van der Waals surface area (Å²) in [4.78, 5) is 11.7. The van der Waals surface area contributed by atoms with E-state index in [0.29, 0.717) is 0 Å². The van der Waals surface area contributed by atoms with Crippen molar-refractivity contribution < 1.29 is 15.0 Å². The van der Waals surface area contributed by atoms with Crippen LogP contribution in [0.2, 0.25) is 0 Å². The van der Waals surface area contributed by atoms with Gasteiger partial charge in [0.05, 0.1) is 25.2 Å². The highest BCUT2D eigenvalue weighted by atomic mass is 16.3. The van der Waals surface area contributed by atoms with Crippen molar-refractivity contribution in [1.29, 1.82) is 0 Å². The lowest BCUT2D eigenvalue weighted by Crippen LogP contribution is -2.34. The van der Waals surface area contributed by atoms with Gasteiger partial charge in [0.1, 0.15) is 0 Å². The number of nitrogens with one attached hydrogen (secondary N) is 1. The molecule has 0 saturated heterocycles. The molecule has 0 heterocycles. The van der Waals surface area contributed by atoms with Gasteiger partial charge < -0.3 is 15.5 Å². The lowest BCUT2D eigenvalue weighted by Gasteiger charge is -2.19. The van der Waals surface area contributed by atoms with Crippen molar-refractivity contribution in [2.24, 2.45) is 5.92 Å². The van der Waals surface area contributed by atoms with Gasteiger partial charge in [0.2, 0.25) is 5.91 Å². The fourth-order valence-corrected chi connectivity index (χ4v) is 1.60. The summed E-state index contributed by atoms with van der Waals surface area (Å²) in [6, 6.07) is 8.86. The van der Waals surface area contributed by atoms with Crippen LogP contribution in [0.3, 0.4) is 0 Å². The van der Waals surface area contributed by atoms with E-state index in [2.05, 4.69) is 5.32 Å². The molecule has 1 aromatic rings. The Labute approximate surface area is 108 Å². The number of benzene rings is 1. The molecule has 0 aromatic heterocycles. The topological polar surface area (TPSA) is 69.6 Å². The molecule has 0 fully saturated rings. The molecule has 4 nitrogen and oxygen atoms in total. The predicted molar refractivity (Wildman–Crippen MR) is 69.9 cm³/mol. The van der Waals surface area contributed by atoms with Crippen LogP contribution in [0, 0.1) is 5.92 Å².